The third kappa shape index (κ3) is 8.41. The second kappa shape index (κ2) is 16.5. The molecule has 0 spiro atoms. The third-order valence-electron chi connectivity index (χ3n) is 11.6. The van der Waals surface area contributed by atoms with Crippen LogP contribution in [0.15, 0.2) is 53.4 Å². The van der Waals surface area contributed by atoms with Crippen LogP contribution in [0.4, 0.5) is 39.1 Å². The highest BCUT2D eigenvalue weighted by molar-refractivity contribution is 7.80. The smallest absolute Gasteiger partial charge is 0.406 e. The van der Waals surface area contributed by atoms with Gasteiger partial charge in [0, 0.05) is 68.4 Å². The van der Waals surface area contributed by atoms with Gasteiger partial charge in [-0.15, -0.1) is 12.6 Å². The number of rotatable bonds is 11. The number of nitrogens with zero attached hydrogens (tertiary/aromatic N) is 8. The van der Waals surface area contributed by atoms with Crippen LogP contribution in [0.25, 0.3) is 11.5 Å². The van der Waals surface area contributed by atoms with Gasteiger partial charge in [0.1, 0.15) is 30.0 Å². The van der Waals surface area contributed by atoms with Gasteiger partial charge in [-0.2, -0.15) is 18.3 Å². The first-order chi connectivity index (χ1) is 28.6. The number of thiol groups is 1. The first kappa shape index (κ1) is 41.2. The zero-order chi connectivity index (χ0) is 42.5. The van der Waals surface area contributed by atoms with E-state index in [1.165, 1.54) is 34.1 Å². The highest BCUT2D eigenvalue weighted by Crippen LogP contribution is 2.42. The zero-order valence-electron chi connectivity index (χ0n) is 32.0. The van der Waals surface area contributed by atoms with Crippen molar-refractivity contribution in [2.75, 3.05) is 49.1 Å². The number of amides is 4. The summed E-state index contributed by atoms with van der Waals surface area (Å²) in [5.74, 6) is -2.03. The van der Waals surface area contributed by atoms with E-state index in [0.717, 1.165) is 50.0 Å². The maximum absolute atomic E-state index is 14.5. The molecule has 0 saturated carbocycles. The van der Waals surface area contributed by atoms with Crippen molar-refractivity contribution in [1.29, 1.82) is 0 Å². The number of piperidine rings is 3. The summed E-state index contributed by atoms with van der Waals surface area (Å²) in [5.41, 5.74) is 6.12. The average Bonchev–Trinajstić information content (AvgIpc) is 3.95. The Balaban J connectivity index is 0.890. The van der Waals surface area contributed by atoms with Crippen LogP contribution in [-0.2, 0) is 9.59 Å². The standard InChI is InChI=1S/C39H41F5N10O5S/c40-33(41)32-29(52(20-39(42,43)44)30-15-22(5-10-46-30)36-47-27(19-59-36)34(45)56)18-53(49-32)23-8-11-50(12-9-23)17-21-6-13-51(14-7-21)24-1-2-25-26(16-24)38(60)54(37(25)58)28-3-4-31(55)48-35(28)57/h1-2,5,10,15-16,18-19,21,23,28,33,38,60H,3-4,6-9,11-14,17,20H2,(H2,45,56)(H,48,55,57). The minimum Gasteiger partial charge on any atom is -0.444 e. The molecule has 2 atom stereocenters. The van der Waals surface area contributed by atoms with E-state index in [-0.39, 0.29) is 53.7 Å². The summed E-state index contributed by atoms with van der Waals surface area (Å²) in [6.07, 6.45) is -1.24. The lowest BCUT2D eigenvalue weighted by Gasteiger charge is -2.38. The maximum atomic E-state index is 14.5. The number of likely N-dealkylation sites (tertiary alicyclic amines) is 1. The summed E-state index contributed by atoms with van der Waals surface area (Å²) in [6.45, 7) is 2.07. The van der Waals surface area contributed by atoms with E-state index in [4.69, 9.17) is 22.8 Å². The van der Waals surface area contributed by atoms with Crippen molar-refractivity contribution >= 4 is 53.5 Å². The number of carbonyl (C=O) groups is 4. The fourth-order valence-corrected chi connectivity index (χ4v) is 9.03. The normalized spacial score (nSPS) is 20.9. The van der Waals surface area contributed by atoms with Gasteiger partial charge in [0.25, 0.3) is 18.2 Å². The van der Waals surface area contributed by atoms with Gasteiger partial charge in [0.15, 0.2) is 11.4 Å². The molecule has 3 aromatic heterocycles. The number of carbonyl (C=O) groups excluding carboxylic acids is 4. The summed E-state index contributed by atoms with van der Waals surface area (Å²) in [5, 5.41) is 5.82. The van der Waals surface area contributed by atoms with E-state index in [2.05, 4.69) is 30.2 Å². The molecule has 0 aliphatic carbocycles. The van der Waals surface area contributed by atoms with E-state index in [9.17, 15) is 41.1 Å². The lowest BCUT2D eigenvalue weighted by Crippen LogP contribution is -2.53. The summed E-state index contributed by atoms with van der Waals surface area (Å²) in [7, 11) is 0. The second-order valence-electron chi connectivity index (χ2n) is 15.5. The molecule has 4 aliphatic heterocycles. The van der Waals surface area contributed by atoms with Crippen LogP contribution < -0.4 is 20.9 Å². The Bertz CT molecular complexity index is 2290. The van der Waals surface area contributed by atoms with Crippen molar-refractivity contribution in [1.82, 2.24) is 34.9 Å². The number of benzene rings is 1. The summed E-state index contributed by atoms with van der Waals surface area (Å²) in [6, 6.07) is 7.13. The minimum absolute atomic E-state index is 0.118. The summed E-state index contributed by atoms with van der Waals surface area (Å²) in [4.78, 5) is 63.7. The molecule has 0 radical (unpaired) electrons. The van der Waals surface area contributed by atoms with Crippen molar-refractivity contribution in [2.24, 2.45) is 11.7 Å². The predicted octanol–water partition coefficient (Wildman–Crippen LogP) is 5.41. The Kier molecular flexibility index (Phi) is 11.3. The van der Waals surface area contributed by atoms with Crippen LogP contribution in [-0.4, -0.2) is 105 Å². The van der Waals surface area contributed by atoms with E-state index in [0.29, 0.717) is 42.3 Å². The molecule has 2 unspecified atom stereocenters. The van der Waals surface area contributed by atoms with Crippen LogP contribution in [0.5, 0.6) is 0 Å². The molecule has 3 saturated heterocycles. The second-order valence-corrected chi connectivity index (χ2v) is 16.0. The number of alkyl halides is 5. The number of hydrogen-bond acceptors (Lipinski definition) is 12. The largest absolute Gasteiger partial charge is 0.444 e. The van der Waals surface area contributed by atoms with Gasteiger partial charge in [0.2, 0.25) is 17.7 Å². The van der Waals surface area contributed by atoms with Crippen LogP contribution in [0.2, 0.25) is 0 Å². The van der Waals surface area contributed by atoms with Gasteiger partial charge < -0.3 is 29.8 Å². The first-order valence-corrected chi connectivity index (χ1v) is 20.0. The zero-order valence-corrected chi connectivity index (χ0v) is 32.9. The Labute approximate surface area is 345 Å². The number of primary amides is 1. The highest BCUT2D eigenvalue weighted by atomic mass is 32.1. The van der Waals surface area contributed by atoms with Crippen LogP contribution in [0, 0.1) is 5.92 Å². The Hall–Kier alpha value is -5.57. The minimum atomic E-state index is -4.80. The van der Waals surface area contributed by atoms with E-state index >= 15 is 0 Å². The van der Waals surface area contributed by atoms with Crippen molar-refractivity contribution < 1.29 is 45.5 Å². The molecule has 1 aromatic carbocycles. The SMILES string of the molecule is NC(=O)c1coc(-c2ccnc(N(CC(F)(F)F)c3cn(C4CCN(CC5CCN(c6ccc7c(c6)C(S)N(C6CCC(=O)NC6=O)C7=O)CC5)CC4)nc3C(F)F)c2)n1. The molecule has 15 nitrogen and oxygen atoms in total. The number of halogens is 5. The fraction of sp³-hybridized carbons (Fsp3) is 0.462. The molecule has 318 valence electrons. The van der Waals surface area contributed by atoms with Gasteiger partial charge in [-0.1, -0.05) is 0 Å². The quantitative estimate of drug-likeness (QED) is 0.0999. The third-order valence-corrected chi connectivity index (χ3v) is 12.1. The monoisotopic (exact) mass is 856 g/mol. The van der Waals surface area contributed by atoms with Gasteiger partial charge in [-0.25, -0.2) is 18.7 Å². The number of pyridine rings is 1. The molecule has 0 bridgehead atoms. The van der Waals surface area contributed by atoms with E-state index < -0.39 is 53.8 Å². The first-order valence-electron chi connectivity index (χ1n) is 19.5. The fourth-order valence-electron chi connectivity index (χ4n) is 8.55. The lowest BCUT2D eigenvalue weighted by molar-refractivity contribution is -0.137. The molecule has 21 heteroatoms. The molecule has 60 heavy (non-hydrogen) atoms. The van der Waals surface area contributed by atoms with Crippen molar-refractivity contribution in [2.45, 2.75) is 68.6 Å². The lowest BCUT2D eigenvalue weighted by atomic mass is 9.94. The van der Waals surface area contributed by atoms with E-state index in [1.807, 2.05) is 12.1 Å². The highest BCUT2D eigenvalue weighted by Gasteiger charge is 2.44. The molecule has 7 heterocycles. The topological polar surface area (TPSA) is 176 Å². The number of nitrogens with two attached hydrogens (primary N) is 1. The average molecular weight is 857 g/mol. The van der Waals surface area contributed by atoms with Crippen LogP contribution in [0.1, 0.15) is 88.5 Å². The number of aromatic nitrogens is 4. The van der Waals surface area contributed by atoms with Crippen molar-refractivity contribution in [3.05, 3.63) is 71.5 Å². The van der Waals surface area contributed by atoms with Gasteiger partial charge in [-0.05, 0) is 73.9 Å². The number of oxazole rings is 1. The molecule has 8 rings (SSSR count). The predicted molar refractivity (Wildman–Crippen MR) is 209 cm³/mol. The molecule has 3 N–H and O–H groups in total. The number of anilines is 3. The van der Waals surface area contributed by atoms with Gasteiger partial charge >= 0.3 is 6.18 Å². The number of fused-ring (bicyclic) bond motifs is 1. The van der Waals surface area contributed by atoms with Gasteiger partial charge in [0.05, 0.1) is 11.7 Å². The van der Waals surface area contributed by atoms with E-state index in [1.54, 1.807) is 6.07 Å². The molecular weight excluding hydrogens is 816 g/mol. The number of nitrogens with one attached hydrogen (secondary N) is 1. The molecule has 4 amide bonds. The Morgan fingerprint density at radius 3 is 2.45 bits per heavy atom. The van der Waals surface area contributed by atoms with Crippen LogP contribution >= 0.6 is 12.6 Å². The Morgan fingerprint density at radius 2 is 1.78 bits per heavy atom. The van der Waals surface area contributed by atoms with Crippen molar-refractivity contribution in [3.63, 3.8) is 0 Å². The maximum Gasteiger partial charge on any atom is 0.406 e. The number of imide groups is 1. The Morgan fingerprint density at radius 1 is 1.03 bits per heavy atom. The molecular formula is C39H41F5N10O5S. The molecule has 4 aliphatic rings. The van der Waals surface area contributed by atoms with Crippen LogP contribution in [0.3, 0.4) is 0 Å². The summed E-state index contributed by atoms with van der Waals surface area (Å²) >= 11 is 4.72. The molecule has 4 aromatic rings. The molecule has 3 fully saturated rings. The number of hydrogen-bond donors (Lipinski definition) is 3. The van der Waals surface area contributed by atoms with Gasteiger partial charge in [-0.3, -0.25) is 29.2 Å². The van der Waals surface area contributed by atoms with Crippen molar-refractivity contribution in [3.8, 4) is 11.5 Å². The summed E-state index contributed by atoms with van der Waals surface area (Å²) < 4.78 is 77.5.